The molecular weight excluding hydrogens is 342 g/mol. The number of nitrogens with one attached hydrogen (secondary N) is 1. The summed E-state index contributed by atoms with van der Waals surface area (Å²) in [5.41, 5.74) is 3.40. The zero-order valence-corrected chi connectivity index (χ0v) is 15.2. The Balaban J connectivity index is 1.43. The molecule has 0 saturated heterocycles. The molecule has 1 aliphatic carbocycles. The van der Waals surface area contributed by atoms with E-state index in [0.29, 0.717) is 11.3 Å². The lowest BCUT2D eigenvalue weighted by Crippen LogP contribution is -2.34. The Morgan fingerprint density at radius 1 is 1.22 bits per heavy atom. The van der Waals surface area contributed by atoms with E-state index in [1.807, 2.05) is 25.1 Å². The number of carbonyl (C=O) groups excluding carboxylic acids is 1. The van der Waals surface area contributed by atoms with Gasteiger partial charge in [-0.3, -0.25) is 4.79 Å². The first-order valence-electron chi connectivity index (χ1n) is 9.14. The second-order valence-electron chi connectivity index (χ2n) is 6.91. The quantitative estimate of drug-likeness (QED) is 0.718. The van der Waals surface area contributed by atoms with Crippen molar-refractivity contribution in [2.45, 2.75) is 32.2 Å². The molecule has 1 amide bonds. The van der Waals surface area contributed by atoms with Crippen LogP contribution in [0.3, 0.4) is 0 Å². The molecule has 27 heavy (non-hydrogen) atoms. The minimum Gasteiger partial charge on any atom is -0.484 e. The minimum absolute atomic E-state index is 0.0309. The largest absolute Gasteiger partial charge is 0.484 e. The Bertz CT molecular complexity index is 1050. The van der Waals surface area contributed by atoms with Crippen molar-refractivity contribution in [2.75, 3.05) is 6.61 Å². The Morgan fingerprint density at radius 3 is 2.96 bits per heavy atom. The molecule has 1 heterocycles. The molecule has 1 unspecified atom stereocenters. The SMILES string of the molecule is Cc1cc(=O)oc2cc(OCC(=O)NC3CCCc4ccccc43)ccc12. The first kappa shape index (κ1) is 17.3. The highest BCUT2D eigenvalue weighted by Crippen LogP contribution is 2.29. The van der Waals surface area contributed by atoms with Crippen LogP contribution >= 0.6 is 0 Å². The van der Waals surface area contributed by atoms with Crippen LogP contribution in [0.2, 0.25) is 0 Å². The summed E-state index contributed by atoms with van der Waals surface area (Å²) in [5.74, 6) is 0.331. The number of fused-ring (bicyclic) bond motifs is 2. The van der Waals surface area contributed by atoms with E-state index in [1.54, 1.807) is 12.1 Å². The molecule has 0 fully saturated rings. The van der Waals surface area contributed by atoms with Gasteiger partial charge in [-0.1, -0.05) is 24.3 Å². The molecule has 0 bridgehead atoms. The summed E-state index contributed by atoms with van der Waals surface area (Å²) in [4.78, 5) is 23.9. The van der Waals surface area contributed by atoms with E-state index in [2.05, 4.69) is 17.4 Å². The zero-order chi connectivity index (χ0) is 18.8. The number of ether oxygens (including phenoxy) is 1. The summed E-state index contributed by atoms with van der Waals surface area (Å²) in [7, 11) is 0. The van der Waals surface area contributed by atoms with Crippen molar-refractivity contribution in [2.24, 2.45) is 0 Å². The molecule has 5 nitrogen and oxygen atoms in total. The third-order valence-corrected chi connectivity index (χ3v) is 5.00. The van der Waals surface area contributed by atoms with Gasteiger partial charge in [0.2, 0.25) is 0 Å². The smallest absolute Gasteiger partial charge is 0.336 e. The minimum atomic E-state index is -0.397. The molecule has 138 valence electrons. The predicted octanol–water partition coefficient (Wildman–Crippen LogP) is 3.67. The van der Waals surface area contributed by atoms with Crippen molar-refractivity contribution >= 4 is 16.9 Å². The normalized spacial score (nSPS) is 16.0. The molecule has 1 aliphatic rings. The summed E-state index contributed by atoms with van der Waals surface area (Å²) < 4.78 is 10.8. The third kappa shape index (κ3) is 3.72. The van der Waals surface area contributed by atoms with Crippen molar-refractivity contribution < 1.29 is 13.9 Å². The van der Waals surface area contributed by atoms with E-state index in [-0.39, 0.29) is 18.6 Å². The molecule has 4 rings (SSSR count). The monoisotopic (exact) mass is 363 g/mol. The average Bonchev–Trinajstić information content (AvgIpc) is 2.66. The fourth-order valence-corrected chi connectivity index (χ4v) is 3.68. The van der Waals surface area contributed by atoms with Gasteiger partial charge in [0.05, 0.1) is 6.04 Å². The van der Waals surface area contributed by atoms with E-state index in [0.717, 1.165) is 30.2 Å². The Morgan fingerprint density at radius 2 is 2.07 bits per heavy atom. The van der Waals surface area contributed by atoms with Gasteiger partial charge < -0.3 is 14.5 Å². The number of hydrogen-bond acceptors (Lipinski definition) is 4. The third-order valence-electron chi connectivity index (χ3n) is 5.00. The summed E-state index contributed by atoms with van der Waals surface area (Å²) in [5, 5.41) is 3.92. The van der Waals surface area contributed by atoms with Gasteiger partial charge >= 0.3 is 5.63 Å². The summed E-state index contributed by atoms with van der Waals surface area (Å²) in [6.45, 7) is 1.77. The molecule has 1 aromatic heterocycles. The van der Waals surface area contributed by atoms with Crippen molar-refractivity contribution in [3.05, 3.63) is 75.6 Å². The number of rotatable bonds is 4. The molecule has 5 heteroatoms. The second kappa shape index (κ2) is 7.27. The standard InChI is InChI=1S/C22H21NO4/c1-14-11-22(25)27-20-12-16(9-10-17(14)20)26-13-21(24)23-19-8-4-6-15-5-2-3-7-18(15)19/h2-3,5,7,9-12,19H,4,6,8,13H2,1H3,(H,23,24). The van der Waals surface area contributed by atoms with Gasteiger partial charge in [0.25, 0.3) is 5.91 Å². The molecule has 0 saturated carbocycles. The first-order valence-corrected chi connectivity index (χ1v) is 9.14. The number of aryl methyl sites for hydroxylation is 2. The number of hydrogen-bond donors (Lipinski definition) is 1. The van der Waals surface area contributed by atoms with Crippen LogP contribution in [0.15, 0.2) is 57.7 Å². The predicted molar refractivity (Wildman–Crippen MR) is 103 cm³/mol. The lowest BCUT2D eigenvalue weighted by atomic mass is 9.88. The maximum absolute atomic E-state index is 12.4. The highest BCUT2D eigenvalue weighted by Gasteiger charge is 2.21. The molecule has 0 aliphatic heterocycles. The van der Waals surface area contributed by atoms with Gasteiger partial charge in [-0.05, 0) is 55.0 Å². The second-order valence-corrected chi connectivity index (χ2v) is 6.91. The summed E-state index contributed by atoms with van der Waals surface area (Å²) in [6.07, 6.45) is 3.05. The van der Waals surface area contributed by atoms with Crippen LogP contribution in [0.5, 0.6) is 5.75 Å². The number of carbonyl (C=O) groups is 1. The van der Waals surface area contributed by atoms with Crippen LogP contribution in [0, 0.1) is 6.92 Å². The van der Waals surface area contributed by atoms with Crippen LogP contribution in [0.1, 0.15) is 35.6 Å². The molecule has 0 radical (unpaired) electrons. The number of benzene rings is 2. The fraction of sp³-hybridized carbons (Fsp3) is 0.273. The molecule has 0 spiro atoms. The van der Waals surface area contributed by atoms with E-state index in [9.17, 15) is 9.59 Å². The molecule has 2 aromatic carbocycles. The van der Waals surface area contributed by atoms with Crippen LogP contribution in [0.4, 0.5) is 0 Å². The van der Waals surface area contributed by atoms with Crippen molar-refractivity contribution in [3.8, 4) is 5.75 Å². The summed E-state index contributed by atoms with van der Waals surface area (Å²) >= 11 is 0. The Kier molecular flexibility index (Phi) is 4.67. The van der Waals surface area contributed by atoms with Crippen LogP contribution in [-0.4, -0.2) is 12.5 Å². The highest BCUT2D eigenvalue weighted by atomic mass is 16.5. The lowest BCUT2D eigenvalue weighted by Gasteiger charge is -2.26. The van der Waals surface area contributed by atoms with Crippen molar-refractivity contribution in [1.82, 2.24) is 5.32 Å². The Hall–Kier alpha value is -3.08. The molecular formula is C22H21NO4. The zero-order valence-electron chi connectivity index (χ0n) is 15.2. The fourth-order valence-electron chi connectivity index (χ4n) is 3.68. The van der Waals surface area contributed by atoms with Gasteiger partial charge in [-0.25, -0.2) is 4.79 Å². The Labute approximate surface area is 157 Å². The van der Waals surface area contributed by atoms with Crippen LogP contribution < -0.4 is 15.7 Å². The lowest BCUT2D eigenvalue weighted by molar-refractivity contribution is -0.123. The van der Waals surface area contributed by atoms with Crippen molar-refractivity contribution in [1.29, 1.82) is 0 Å². The van der Waals surface area contributed by atoms with Gasteiger partial charge in [-0.15, -0.1) is 0 Å². The van der Waals surface area contributed by atoms with Crippen LogP contribution in [0.25, 0.3) is 11.0 Å². The maximum Gasteiger partial charge on any atom is 0.336 e. The van der Waals surface area contributed by atoms with Crippen molar-refractivity contribution in [3.63, 3.8) is 0 Å². The van der Waals surface area contributed by atoms with E-state index in [1.165, 1.54) is 17.2 Å². The van der Waals surface area contributed by atoms with Gasteiger partial charge in [0.1, 0.15) is 11.3 Å². The van der Waals surface area contributed by atoms with E-state index >= 15 is 0 Å². The van der Waals surface area contributed by atoms with Crippen LogP contribution in [-0.2, 0) is 11.2 Å². The summed E-state index contributed by atoms with van der Waals surface area (Å²) in [6, 6.07) is 15.0. The highest BCUT2D eigenvalue weighted by molar-refractivity contribution is 5.82. The van der Waals surface area contributed by atoms with Gasteiger partial charge in [0, 0.05) is 17.5 Å². The van der Waals surface area contributed by atoms with E-state index in [4.69, 9.17) is 9.15 Å². The number of amides is 1. The first-order chi connectivity index (χ1) is 13.1. The van der Waals surface area contributed by atoms with Gasteiger partial charge in [0.15, 0.2) is 6.61 Å². The molecule has 1 N–H and O–H groups in total. The average molecular weight is 363 g/mol. The van der Waals surface area contributed by atoms with E-state index < -0.39 is 5.63 Å². The topological polar surface area (TPSA) is 68.5 Å². The maximum atomic E-state index is 12.4. The van der Waals surface area contributed by atoms with Gasteiger partial charge in [-0.2, -0.15) is 0 Å². The molecule has 3 aromatic rings. The molecule has 1 atom stereocenters.